The first kappa shape index (κ1) is 31.2. The van der Waals surface area contributed by atoms with Crippen molar-refractivity contribution in [2.75, 3.05) is 17.1 Å². The second-order valence-electron chi connectivity index (χ2n) is 10.2. The van der Waals surface area contributed by atoms with Gasteiger partial charge in [-0.05, 0) is 54.3 Å². The number of anilines is 1. The highest BCUT2D eigenvalue weighted by Crippen LogP contribution is 2.27. The summed E-state index contributed by atoms with van der Waals surface area (Å²) in [6.45, 7) is -0.566. The summed E-state index contributed by atoms with van der Waals surface area (Å²) in [6.07, 6.45) is 5.05. The minimum Gasteiger partial charge on any atom is -0.352 e. The van der Waals surface area contributed by atoms with E-state index in [1.165, 1.54) is 11.0 Å². The molecule has 0 aliphatic heterocycles. The molecule has 0 aromatic heterocycles. The van der Waals surface area contributed by atoms with Gasteiger partial charge in [-0.1, -0.05) is 90.1 Å². The van der Waals surface area contributed by atoms with Gasteiger partial charge in [0.15, 0.2) is 0 Å². The zero-order valence-corrected chi connectivity index (χ0v) is 25.7. The normalized spacial score (nSPS) is 14.4. The van der Waals surface area contributed by atoms with Crippen molar-refractivity contribution in [3.8, 4) is 0 Å². The molecule has 3 aromatic carbocycles. The van der Waals surface area contributed by atoms with Crippen LogP contribution in [0.5, 0.6) is 0 Å². The summed E-state index contributed by atoms with van der Waals surface area (Å²) >= 11 is 18.8. The minimum absolute atomic E-state index is 0.0239. The highest BCUT2D eigenvalue weighted by Gasteiger charge is 2.34. The van der Waals surface area contributed by atoms with E-state index in [4.69, 9.17) is 34.8 Å². The van der Waals surface area contributed by atoms with E-state index in [1.807, 2.05) is 30.3 Å². The Morgan fingerprint density at radius 2 is 1.61 bits per heavy atom. The number of hydrogen-bond donors (Lipinski definition) is 1. The van der Waals surface area contributed by atoms with Crippen molar-refractivity contribution in [1.82, 2.24) is 10.2 Å². The Morgan fingerprint density at radius 1 is 0.927 bits per heavy atom. The summed E-state index contributed by atoms with van der Waals surface area (Å²) in [6, 6.07) is 19.7. The van der Waals surface area contributed by atoms with Crippen LogP contribution in [0.4, 0.5) is 5.69 Å². The fraction of sp³-hybridized carbons (Fsp3) is 0.333. The second-order valence-corrected chi connectivity index (χ2v) is 13.4. The van der Waals surface area contributed by atoms with Gasteiger partial charge in [0.05, 0.1) is 11.9 Å². The number of amides is 2. The molecule has 0 unspecified atom stereocenters. The van der Waals surface area contributed by atoms with Crippen LogP contribution >= 0.6 is 34.8 Å². The van der Waals surface area contributed by atoms with Crippen LogP contribution in [0.3, 0.4) is 0 Å². The molecule has 2 amide bonds. The average Bonchev–Trinajstić information content (AvgIpc) is 3.43. The van der Waals surface area contributed by atoms with Crippen LogP contribution < -0.4 is 9.62 Å². The molecule has 0 radical (unpaired) electrons. The molecule has 1 N–H and O–H groups in total. The molecular formula is C30H32Cl3N3O4S. The third kappa shape index (κ3) is 8.61. The fourth-order valence-electron chi connectivity index (χ4n) is 5.00. The molecule has 0 saturated heterocycles. The van der Waals surface area contributed by atoms with E-state index < -0.39 is 28.5 Å². The highest BCUT2D eigenvalue weighted by atomic mass is 35.5. The van der Waals surface area contributed by atoms with Crippen molar-refractivity contribution in [1.29, 1.82) is 0 Å². The number of nitrogens with one attached hydrogen (secondary N) is 1. The van der Waals surface area contributed by atoms with Gasteiger partial charge in [0, 0.05) is 34.1 Å². The molecule has 218 valence electrons. The van der Waals surface area contributed by atoms with E-state index in [0.29, 0.717) is 20.6 Å². The van der Waals surface area contributed by atoms with Crippen molar-refractivity contribution in [3.63, 3.8) is 0 Å². The van der Waals surface area contributed by atoms with E-state index >= 15 is 0 Å². The average molecular weight is 637 g/mol. The molecule has 41 heavy (non-hydrogen) atoms. The van der Waals surface area contributed by atoms with Gasteiger partial charge in [0.2, 0.25) is 21.8 Å². The minimum atomic E-state index is -3.89. The number of benzene rings is 3. The maximum atomic E-state index is 14.2. The van der Waals surface area contributed by atoms with Crippen LogP contribution in [0.1, 0.15) is 36.8 Å². The zero-order valence-electron chi connectivity index (χ0n) is 22.6. The van der Waals surface area contributed by atoms with Gasteiger partial charge < -0.3 is 10.2 Å². The van der Waals surface area contributed by atoms with Crippen molar-refractivity contribution in [2.45, 2.75) is 50.7 Å². The molecule has 7 nitrogen and oxygen atoms in total. The molecule has 1 fully saturated rings. The predicted molar refractivity (Wildman–Crippen MR) is 165 cm³/mol. The summed E-state index contributed by atoms with van der Waals surface area (Å²) in [4.78, 5) is 29.4. The van der Waals surface area contributed by atoms with Gasteiger partial charge in [-0.2, -0.15) is 0 Å². The molecule has 0 bridgehead atoms. The number of carbonyl (C=O) groups is 2. The molecule has 1 atom stereocenters. The largest absolute Gasteiger partial charge is 0.352 e. The monoisotopic (exact) mass is 635 g/mol. The first-order valence-electron chi connectivity index (χ1n) is 13.3. The van der Waals surface area contributed by atoms with E-state index in [9.17, 15) is 18.0 Å². The Bertz CT molecular complexity index is 1480. The molecule has 3 aromatic rings. The number of nitrogens with zero attached hydrogens (tertiary/aromatic N) is 2. The second kappa shape index (κ2) is 13.9. The van der Waals surface area contributed by atoms with Gasteiger partial charge in [0.1, 0.15) is 12.6 Å². The lowest BCUT2D eigenvalue weighted by molar-refractivity contribution is -0.140. The zero-order chi connectivity index (χ0) is 29.6. The lowest BCUT2D eigenvalue weighted by Gasteiger charge is -2.34. The quantitative estimate of drug-likeness (QED) is 0.275. The van der Waals surface area contributed by atoms with E-state index in [-0.39, 0.29) is 30.6 Å². The smallest absolute Gasteiger partial charge is 0.244 e. The number of rotatable bonds is 11. The van der Waals surface area contributed by atoms with Crippen LogP contribution in [0.2, 0.25) is 15.1 Å². The lowest BCUT2D eigenvalue weighted by atomic mass is 10.0. The number of hydrogen-bond acceptors (Lipinski definition) is 4. The van der Waals surface area contributed by atoms with E-state index in [1.54, 1.807) is 36.4 Å². The summed E-state index contributed by atoms with van der Waals surface area (Å²) < 4.78 is 26.7. The lowest BCUT2D eigenvalue weighted by Crippen LogP contribution is -2.54. The van der Waals surface area contributed by atoms with Crippen LogP contribution in [-0.2, 0) is 32.6 Å². The number of sulfonamides is 1. The Hall–Kier alpha value is -2.78. The highest BCUT2D eigenvalue weighted by molar-refractivity contribution is 7.92. The van der Waals surface area contributed by atoms with Crippen molar-refractivity contribution >= 4 is 62.3 Å². The van der Waals surface area contributed by atoms with Crippen LogP contribution in [0.25, 0.3) is 0 Å². The van der Waals surface area contributed by atoms with Crippen molar-refractivity contribution in [3.05, 3.63) is 99.0 Å². The molecule has 0 spiro atoms. The van der Waals surface area contributed by atoms with Crippen LogP contribution in [0, 0.1) is 0 Å². The van der Waals surface area contributed by atoms with Gasteiger partial charge in [-0.3, -0.25) is 13.9 Å². The molecule has 11 heteroatoms. The summed E-state index contributed by atoms with van der Waals surface area (Å²) in [7, 11) is -3.89. The van der Waals surface area contributed by atoms with Crippen LogP contribution in [0.15, 0.2) is 72.8 Å². The molecule has 1 saturated carbocycles. The van der Waals surface area contributed by atoms with Gasteiger partial charge >= 0.3 is 0 Å². The van der Waals surface area contributed by atoms with Gasteiger partial charge in [-0.15, -0.1) is 0 Å². The maximum absolute atomic E-state index is 14.2. The third-order valence-corrected chi connectivity index (χ3v) is 9.07. The Morgan fingerprint density at radius 3 is 2.24 bits per heavy atom. The first-order chi connectivity index (χ1) is 19.5. The number of halogens is 3. The van der Waals surface area contributed by atoms with Gasteiger partial charge in [-0.25, -0.2) is 8.42 Å². The molecule has 4 rings (SSSR count). The standard InChI is InChI=1S/C30H32Cl3N3O4S/c1-41(39,40)36(26-13-7-10-23(31)17-26)20-29(37)35(19-22-14-15-24(32)18-27(22)33)28(16-21-8-3-2-4-9-21)30(38)34-25-11-5-6-12-25/h2-4,7-10,13-15,17-18,25,28H,5-6,11-12,16,19-20H2,1H3,(H,34,38)/t28-/m1/s1. The molecule has 1 aliphatic rings. The van der Waals surface area contributed by atoms with Gasteiger partial charge in [0.25, 0.3) is 0 Å². The van der Waals surface area contributed by atoms with Crippen molar-refractivity contribution in [2.24, 2.45) is 0 Å². The Labute approximate surface area is 256 Å². The third-order valence-electron chi connectivity index (χ3n) is 7.10. The van der Waals surface area contributed by atoms with E-state index in [2.05, 4.69) is 5.32 Å². The van der Waals surface area contributed by atoms with E-state index in [0.717, 1.165) is 41.8 Å². The van der Waals surface area contributed by atoms with Crippen molar-refractivity contribution < 1.29 is 18.0 Å². The maximum Gasteiger partial charge on any atom is 0.244 e. The number of carbonyl (C=O) groups excluding carboxylic acids is 2. The van der Waals surface area contributed by atoms with Crippen LogP contribution in [-0.4, -0.2) is 50.0 Å². The Balaban J connectivity index is 1.74. The molecule has 1 aliphatic carbocycles. The SMILES string of the molecule is CS(=O)(=O)N(CC(=O)N(Cc1ccc(Cl)cc1Cl)[C@H](Cc1ccccc1)C(=O)NC1CCCC1)c1cccc(Cl)c1. The summed E-state index contributed by atoms with van der Waals surface area (Å²) in [5.74, 6) is -0.864. The Kier molecular flexibility index (Phi) is 10.6. The summed E-state index contributed by atoms with van der Waals surface area (Å²) in [5, 5.41) is 4.22. The first-order valence-corrected chi connectivity index (χ1v) is 16.3. The molecule has 0 heterocycles. The molecular weight excluding hydrogens is 605 g/mol. The fourth-order valence-corrected chi connectivity index (χ4v) is 6.49. The predicted octanol–water partition coefficient (Wildman–Crippen LogP) is 6.11. The topological polar surface area (TPSA) is 86.8 Å². The summed E-state index contributed by atoms with van der Waals surface area (Å²) in [5.41, 5.74) is 1.67.